The first-order valence-corrected chi connectivity index (χ1v) is 27.1. The third kappa shape index (κ3) is 14.7. The van der Waals surface area contributed by atoms with Crippen LogP contribution in [0.3, 0.4) is 0 Å². The van der Waals surface area contributed by atoms with E-state index in [1.165, 1.54) is 9.80 Å². The number of rotatable bonds is 11. The van der Waals surface area contributed by atoms with Gasteiger partial charge in [-0.2, -0.15) is 26.3 Å². The highest BCUT2D eigenvalue weighted by molar-refractivity contribution is 5.84. The van der Waals surface area contributed by atoms with Crippen molar-refractivity contribution in [2.45, 2.75) is 103 Å². The highest BCUT2D eigenvalue weighted by atomic mass is 19.4. The molecule has 5 amide bonds. The molecule has 0 unspecified atom stereocenters. The quantitative estimate of drug-likeness (QED) is 0.143. The molecule has 4 aliphatic rings. The van der Waals surface area contributed by atoms with Crippen LogP contribution >= 0.6 is 0 Å². The summed E-state index contributed by atoms with van der Waals surface area (Å²) in [5, 5.41) is 12.4. The molecule has 12 nitrogen and oxygen atoms in total. The number of nitrogens with one attached hydrogen (secondary N) is 1. The number of hydrogen-bond acceptors (Lipinski definition) is 7. The summed E-state index contributed by atoms with van der Waals surface area (Å²) in [4.78, 5) is 74.6. The van der Waals surface area contributed by atoms with Gasteiger partial charge in [-0.05, 0) is 137 Å². The highest BCUT2D eigenvalue weighted by Crippen LogP contribution is 2.40. The van der Waals surface area contributed by atoms with E-state index in [1.807, 2.05) is 72.2 Å². The van der Waals surface area contributed by atoms with Gasteiger partial charge in [0, 0.05) is 102 Å². The molecule has 0 aromatic heterocycles. The van der Waals surface area contributed by atoms with Gasteiger partial charge in [0.15, 0.2) is 0 Å². The van der Waals surface area contributed by atoms with Crippen LogP contribution in [0.15, 0.2) is 84.9 Å². The average Bonchev–Trinajstić information content (AvgIpc) is 3.50. The summed E-state index contributed by atoms with van der Waals surface area (Å²) >= 11 is 0. The molecule has 8 rings (SSSR count). The average molecular weight is 1090 g/mol. The molecule has 0 spiro atoms. The molecular weight excluding hydrogens is 1010 g/mol. The Labute approximate surface area is 454 Å². The Bertz CT molecular complexity index is 2770. The minimum absolute atomic E-state index is 0.0119. The van der Waals surface area contributed by atoms with Crippen molar-refractivity contribution in [3.63, 3.8) is 0 Å². The summed E-state index contributed by atoms with van der Waals surface area (Å²) in [6, 6.07) is 23.5. The Morgan fingerprint density at radius 3 is 1.32 bits per heavy atom. The standard InChI is InChI=1S/C31H38F3N3O4.C29H36F3N3O2/c1-20-14-22(16-24(15-20)31(32,33)34)17-35(3)30(41)26-10-13-37(18-27(26)25-7-5-4-6-21(25)2)29(40)23-8-11-36(12-9-23)28(39)19-38;1-19-14-21(16-23(15-19)29(30,31)32)17-34(3)28(37)25-10-13-35(27(36)22-8-11-33-12-9-22)18-26(25)24-7-5-4-6-20(24)2/h4-7,14-16,23,26-27,38H,8-13,17-19H2,1-3H3;4-7,14-16,22,25-26,33H,8-13,17-18H2,1-3H3/t26-,27+;25-,26+/m00/s1. The molecule has 0 saturated carbocycles. The molecule has 4 saturated heterocycles. The largest absolute Gasteiger partial charge is 0.416 e. The number of amides is 5. The third-order valence-electron chi connectivity index (χ3n) is 16.2. The molecule has 0 aliphatic carbocycles. The van der Waals surface area contributed by atoms with Crippen LogP contribution in [0.2, 0.25) is 0 Å². The van der Waals surface area contributed by atoms with Gasteiger partial charge < -0.3 is 34.9 Å². The lowest BCUT2D eigenvalue weighted by Crippen LogP contribution is -2.51. The normalized spacial score (nSPS) is 20.6. The molecule has 4 aliphatic heterocycles. The molecule has 422 valence electrons. The Kier molecular flexibility index (Phi) is 19.6. The number of nitrogens with zero attached hydrogens (tertiary/aromatic N) is 5. The van der Waals surface area contributed by atoms with Crippen LogP contribution in [-0.4, -0.2) is 132 Å². The SMILES string of the molecule is Cc1cc(CN(C)C(=O)[C@H]2CCN(C(=O)C3CCN(C(=O)CO)CC3)C[C@@H]2c2ccccc2C)cc(C(F)(F)F)c1.Cc1cc(CN(C)C(=O)[C@H]2CCN(C(=O)C3CCNCC3)C[C@@H]2c2ccccc2C)cc(C(F)(F)F)c1. The molecule has 4 aromatic rings. The van der Waals surface area contributed by atoms with Gasteiger partial charge in [-0.15, -0.1) is 0 Å². The van der Waals surface area contributed by atoms with E-state index in [0.29, 0.717) is 87.2 Å². The Hall–Kier alpha value is -6.27. The minimum Gasteiger partial charge on any atom is -0.387 e. The van der Waals surface area contributed by atoms with E-state index in [4.69, 9.17) is 5.11 Å². The zero-order valence-electron chi connectivity index (χ0n) is 45.6. The van der Waals surface area contributed by atoms with E-state index in [1.54, 1.807) is 45.0 Å². The van der Waals surface area contributed by atoms with E-state index in [9.17, 15) is 50.3 Å². The van der Waals surface area contributed by atoms with Crippen LogP contribution in [0, 0.1) is 51.4 Å². The first kappa shape index (κ1) is 59.4. The molecule has 4 heterocycles. The predicted molar refractivity (Wildman–Crippen MR) is 285 cm³/mol. The predicted octanol–water partition coefficient (Wildman–Crippen LogP) is 9.06. The molecule has 4 fully saturated rings. The van der Waals surface area contributed by atoms with Crippen molar-refractivity contribution < 1.29 is 55.4 Å². The monoisotopic (exact) mass is 1090 g/mol. The fraction of sp³-hybridized carbons (Fsp3) is 0.517. The maximum Gasteiger partial charge on any atom is 0.416 e. The molecule has 78 heavy (non-hydrogen) atoms. The topological polar surface area (TPSA) is 134 Å². The fourth-order valence-corrected chi connectivity index (χ4v) is 12.1. The summed E-state index contributed by atoms with van der Waals surface area (Å²) in [5.74, 6) is -1.84. The number of aliphatic hydroxyl groups excluding tert-OH is 1. The molecule has 4 aromatic carbocycles. The maximum absolute atomic E-state index is 13.8. The van der Waals surface area contributed by atoms with Crippen molar-refractivity contribution in [2.75, 3.05) is 73.1 Å². The molecular formula is C60H74F6N6O6. The summed E-state index contributed by atoms with van der Waals surface area (Å²) in [7, 11) is 3.27. The fourth-order valence-electron chi connectivity index (χ4n) is 12.1. The summed E-state index contributed by atoms with van der Waals surface area (Å²) in [6.45, 7) is 11.1. The summed E-state index contributed by atoms with van der Waals surface area (Å²) in [6.07, 6.45) is -5.23. The van der Waals surface area contributed by atoms with Crippen molar-refractivity contribution >= 4 is 29.5 Å². The van der Waals surface area contributed by atoms with Gasteiger partial charge in [-0.1, -0.05) is 71.8 Å². The number of aliphatic hydroxyl groups is 1. The molecule has 0 bridgehead atoms. The van der Waals surface area contributed by atoms with Crippen molar-refractivity contribution in [1.82, 2.24) is 29.8 Å². The maximum atomic E-state index is 13.8. The Morgan fingerprint density at radius 1 is 0.551 bits per heavy atom. The number of alkyl halides is 6. The number of aryl methyl sites for hydroxylation is 4. The first-order chi connectivity index (χ1) is 36.9. The number of likely N-dealkylation sites (tertiary alicyclic amines) is 3. The molecule has 2 N–H and O–H groups in total. The number of carbonyl (C=O) groups excluding carboxylic acids is 5. The van der Waals surface area contributed by atoms with E-state index in [2.05, 4.69) is 5.32 Å². The molecule has 0 radical (unpaired) electrons. The van der Waals surface area contributed by atoms with Gasteiger partial charge in [-0.3, -0.25) is 24.0 Å². The van der Waals surface area contributed by atoms with E-state index >= 15 is 0 Å². The lowest BCUT2D eigenvalue weighted by atomic mass is 9.77. The van der Waals surface area contributed by atoms with Crippen LogP contribution in [0.25, 0.3) is 0 Å². The number of benzene rings is 4. The van der Waals surface area contributed by atoms with E-state index in [0.717, 1.165) is 72.5 Å². The lowest BCUT2D eigenvalue weighted by molar-refractivity contribution is -0.145. The van der Waals surface area contributed by atoms with Crippen LogP contribution < -0.4 is 5.32 Å². The molecule has 4 atom stereocenters. The van der Waals surface area contributed by atoms with E-state index in [-0.39, 0.29) is 72.2 Å². The van der Waals surface area contributed by atoms with Crippen molar-refractivity contribution in [1.29, 1.82) is 0 Å². The van der Waals surface area contributed by atoms with Crippen LogP contribution in [0.1, 0.15) is 106 Å². The van der Waals surface area contributed by atoms with Gasteiger partial charge in [0.05, 0.1) is 11.1 Å². The lowest BCUT2D eigenvalue weighted by Gasteiger charge is -2.42. The zero-order valence-corrected chi connectivity index (χ0v) is 45.6. The van der Waals surface area contributed by atoms with Crippen molar-refractivity contribution in [3.05, 3.63) is 141 Å². The Morgan fingerprint density at radius 2 is 0.936 bits per heavy atom. The van der Waals surface area contributed by atoms with Gasteiger partial charge >= 0.3 is 12.4 Å². The summed E-state index contributed by atoms with van der Waals surface area (Å²) in [5.41, 5.74) is 4.53. The third-order valence-corrected chi connectivity index (χ3v) is 16.2. The van der Waals surface area contributed by atoms with Crippen LogP contribution in [0.5, 0.6) is 0 Å². The van der Waals surface area contributed by atoms with Gasteiger partial charge in [0.25, 0.3) is 0 Å². The Balaban J connectivity index is 0.000000227. The number of hydrogen-bond donors (Lipinski definition) is 2. The van der Waals surface area contributed by atoms with E-state index < -0.39 is 36.0 Å². The van der Waals surface area contributed by atoms with Crippen molar-refractivity contribution in [2.24, 2.45) is 23.7 Å². The summed E-state index contributed by atoms with van der Waals surface area (Å²) < 4.78 is 80.1. The van der Waals surface area contributed by atoms with Crippen molar-refractivity contribution in [3.8, 4) is 0 Å². The van der Waals surface area contributed by atoms with Crippen LogP contribution in [-0.2, 0) is 49.4 Å². The second-order valence-corrected chi connectivity index (χ2v) is 21.9. The molecule has 18 heteroatoms. The zero-order chi connectivity index (χ0) is 56.6. The van der Waals surface area contributed by atoms with Gasteiger partial charge in [-0.25, -0.2) is 0 Å². The number of carbonyl (C=O) groups is 5. The number of piperidine rings is 4. The second kappa shape index (κ2) is 25.7. The minimum atomic E-state index is -4.47. The smallest absolute Gasteiger partial charge is 0.387 e. The first-order valence-electron chi connectivity index (χ1n) is 27.1. The van der Waals surface area contributed by atoms with Gasteiger partial charge in [0.2, 0.25) is 29.5 Å². The van der Waals surface area contributed by atoms with Crippen LogP contribution in [0.4, 0.5) is 26.3 Å². The second-order valence-electron chi connectivity index (χ2n) is 21.9. The highest BCUT2D eigenvalue weighted by Gasteiger charge is 2.43. The van der Waals surface area contributed by atoms with Gasteiger partial charge in [0.1, 0.15) is 6.61 Å². The number of halogens is 6.